The molecule has 0 spiro atoms. The molecule has 0 bridgehead atoms. The third kappa shape index (κ3) is 3.83. The minimum Gasteiger partial charge on any atom is -0.344 e. The molecule has 116 valence electrons. The third-order valence-electron chi connectivity index (χ3n) is 3.18. The zero-order valence-corrected chi connectivity index (χ0v) is 14.8. The molecular formula is C17H10BrCl2FN2. The summed E-state index contributed by atoms with van der Waals surface area (Å²) in [5, 5.41) is 1.09. The van der Waals surface area contributed by atoms with E-state index in [4.69, 9.17) is 23.2 Å². The Morgan fingerprint density at radius 3 is 2.70 bits per heavy atom. The number of hydrogen-bond acceptors (Lipinski definition) is 1. The van der Waals surface area contributed by atoms with Gasteiger partial charge in [0, 0.05) is 26.8 Å². The molecule has 0 aliphatic heterocycles. The highest BCUT2D eigenvalue weighted by molar-refractivity contribution is 9.10. The first kappa shape index (κ1) is 16.2. The lowest BCUT2D eigenvalue weighted by molar-refractivity contribution is 0.625. The van der Waals surface area contributed by atoms with Crippen molar-refractivity contribution < 1.29 is 4.39 Å². The number of aromatic nitrogens is 2. The van der Waals surface area contributed by atoms with Crippen LogP contribution in [0.25, 0.3) is 23.4 Å². The van der Waals surface area contributed by atoms with E-state index in [0.717, 1.165) is 10.0 Å². The normalized spacial score (nSPS) is 11.3. The highest BCUT2D eigenvalue weighted by Gasteiger charge is 2.07. The maximum absolute atomic E-state index is 13.7. The Morgan fingerprint density at radius 2 is 1.91 bits per heavy atom. The minimum atomic E-state index is -0.294. The number of halogens is 4. The topological polar surface area (TPSA) is 28.7 Å². The minimum absolute atomic E-state index is 0.294. The molecule has 0 saturated heterocycles. The number of aromatic amines is 1. The van der Waals surface area contributed by atoms with Gasteiger partial charge in [0.1, 0.15) is 11.6 Å². The first-order valence-electron chi connectivity index (χ1n) is 6.67. The maximum Gasteiger partial charge on any atom is 0.130 e. The highest BCUT2D eigenvalue weighted by atomic mass is 79.9. The molecule has 0 aliphatic rings. The Morgan fingerprint density at radius 1 is 1.09 bits per heavy atom. The Hall–Kier alpha value is -1.62. The second-order valence-corrected chi connectivity index (χ2v) is 6.55. The first-order chi connectivity index (χ1) is 11.0. The van der Waals surface area contributed by atoms with E-state index >= 15 is 0 Å². The molecule has 23 heavy (non-hydrogen) atoms. The molecule has 1 heterocycles. The van der Waals surface area contributed by atoms with E-state index in [1.165, 1.54) is 6.07 Å². The maximum atomic E-state index is 13.7. The van der Waals surface area contributed by atoms with Crippen LogP contribution in [-0.2, 0) is 0 Å². The van der Waals surface area contributed by atoms with E-state index in [-0.39, 0.29) is 5.82 Å². The largest absolute Gasteiger partial charge is 0.344 e. The lowest BCUT2D eigenvalue weighted by Crippen LogP contribution is -1.82. The summed E-state index contributed by atoms with van der Waals surface area (Å²) in [5.41, 5.74) is 1.95. The predicted octanol–water partition coefficient (Wildman–Crippen LogP) is 6.46. The fraction of sp³-hybridized carbons (Fsp3) is 0. The Kier molecular flexibility index (Phi) is 4.85. The van der Waals surface area contributed by atoms with E-state index in [0.29, 0.717) is 27.1 Å². The molecule has 3 rings (SSSR count). The van der Waals surface area contributed by atoms with Crippen LogP contribution in [0.3, 0.4) is 0 Å². The SMILES string of the molecule is Fc1ccc(Br)cc1C=Cc1nc(-c2ccc(Cl)cc2Cl)c[nH]1. The molecule has 0 aliphatic carbocycles. The van der Waals surface area contributed by atoms with Crippen molar-refractivity contribution in [3.63, 3.8) is 0 Å². The summed E-state index contributed by atoms with van der Waals surface area (Å²) in [6, 6.07) is 9.99. The lowest BCUT2D eigenvalue weighted by Gasteiger charge is -2.00. The summed E-state index contributed by atoms with van der Waals surface area (Å²) in [6.07, 6.45) is 5.11. The van der Waals surface area contributed by atoms with E-state index in [9.17, 15) is 4.39 Å². The number of benzene rings is 2. The second-order valence-electron chi connectivity index (χ2n) is 4.79. The molecule has 1 aromatic heterocycles. The predicted molar refractivity (Wildman–Crippen MR) is 97.1 cm³/mol. The van der Waals surface area contributed by atoms with Gasteiger partial charge in [0.05, 0.1) is 10.7 Å². The molecule has 6 heteroatoms. The Balaban J connectivity index is 1.87. The number of hydrogen-bond donors (Lipinski definition) is 1. The van der Waals surface area contributed by atoms with E-state index in [1.807, 2.05) is 6.07 Å². The number of nitrogens with zero attached hydrogens (tertiary/aromatic N) is 1. The molecule has 0 unspecified atom stereocenters. The van der Waals surface area contributed by atoms with Crippen molar-refractivity contribution in [3.8, 4) is 11.3 Å². The van der Waals surface area contributed by atoms with Crippen molar-refractivity contribution in [3.05, 3.63) is 74.3 Å². The molecule has 0 radical (unpaired) electrons. The van der Waals surface area contributed by atoms with Crippen LogP contribution in [0.15, 0.2) is 47.1 Å². The highest BCUT2D eigenvalue weighted by Crippen LogP contribution is 2.29. The molecule has 0 amide bonds. The van der Waals surface area contributed by atoms with Gasteiger partial charge in [-0.15, -0.1) is 0 Å². The number of imidazole rings is 1. The van der Waals surface area contributed by atoms with Gasteiger partial charge in [0.15, 0.2) is 0 Å². The molecule has 2 nitrogen and oxygen atoms in total. The fourth-order valence-electron chi connectivity index (χ4n) is 2.07. The number of nitrogens with one attached hydrogen (secondary N) is 1. The monoisotopic (exact) mass is 410 g/mol. The van der Waals surface area contributed by atoms with Crippen LogP contribution in [0.5, 0.6) is 0 Å². The molecule has 2 aromatic carbocycles. The summed E-state index contributed by atoms with van der Waals surface area (Å²) in [6.45, 7) is 0. The van der Waals surface area contributed by atoms with Gasteiger partial charge in [-0.25, -0.2) is 9.37 Å². The van der Waals surface area contributed by atoms with Gasteiger partial charge in [-0.3, -0.25) is 0 Å². The number of rotatable bonds is 3. The van der Waals surface area contributed by atoms with Crippen LogP contribution in [0.1, 0.15) is 11.4 Å². The van der Waals surface area contributed by atoms with Crippen LogP contribution in [0, 0.1) is 5.82 Å². The summed E-state index contributed by atoms with van der Waals surface area (Å²) in [5.74, 6) is 0.308. The molecule has 1 N–H and O–H groups in total. The second kappa shape index (κ2) is 6.87. The van der Waals surface area contributed by atoms with Crippen molar-refractivity contribution in [1.29, 1.82) is 0 Å². The van der Waals surface area contributed by atoms with Crippen molar-refractivity contribution >= 4 is 51.3 Å². The molecule has 0 saturated carbocycles. The van der Waals surface area contributed by atoms with E-state index in [2.05, 4.69) is 25.9 Å². The van der Waals surface area contributed by atoms with E-state index in [1.54, 1.807) is 42.6 Å². The van der Waals surface area contributed by atoms with Gasteiger partial charge in [-0.1, -0.05) is 39.1 Å². The van der Waals surface area contributed by atoms with Crippen molar-refractivity contribution in [2.75, 3.05) is 0 Å². The summed E-state index contributed by atoms with van der Waals surface area (Å²) in [7, 11) is 0. The van der Waals surface area contributed by atoms with Gasteiger partial charge in [0.25, 0.3) is 0 Å². The van der Waals surface area contributed by atoms with Crippen LogP contribution in [0.4, 0.5) is 4.39 Å². The lowest BCUT2D eigenvalue weighted by atomic mass is 10.2. The van der Waals surface area contributed by atoms with Crippen molar-refractivity contribution in [1.82, 2.24) is 9.97 Å². The van der Waals surface area contributed by atoms with Gasteiger partial charge in [-0.2, -0.15) is 0 Å². The Bertz CT molecular complexity index is 890. The van der Waals surface area contributed by atoms with Gasteiger partial charge in [0.2, 0.25) is 0 Å². The molecule has 0 fully saturated rings. The standard InChI is InChI=1S/C17H10BrCl2FN2/c18-11-2-5-15(21)10(7-11)1-6-17-22-9-16(23-17)13-4-3-12(19)8-14(13)20/h1-9H,(H,22,23). The van der Waals surface area contributed by atoms with Crippen LogP contribution in [0.2, 0.25) is 10.0 Å². The summed E-state index contributed by atoms with van der Waals surface area (Å²) in [4.78, 5) is 7.46. The van der Waals surface area contributed by atoms with Crippen molar-refractivity contribution in [2.24, 2.45) is 0 Å². The average molecular weight is 412 g/mol. The average Bonchev–Trinajstić information content (AvgIpc) is 2.97. The van der Waals surface area contributed by atoms with Crippen LogP contribution in [-0.4, -0.2) is 9.97 Å². The smallest absolute Gasteiger partial charge is 0.130 e. The van der Waals surface area contributed by atoms with Crippen LogP contribution >= 0.6 is 39.1 Å². The summed E-state index contributed by atoms with van der Waals surface area (Å²) >= 11 is 15.4. The quantitative estimate of drug-likeness (QED) is 0.526. The molecular weight excluding hydrogens is 402 g/mol. The van der Waals surface area contributed by atoms with E-state index < -0.39 is 0 Å². The Labute approximate surface area is 151 Å². The number of H-pyrrole nitrogens is 1. The van der Waals surface area contributed by atoms with Crippen molar-refractivity contribution in [2.45, 2.75) is 0 Å². The van der Waals surface area contributed by atoms with Gasteiger partial charge >= 0.3 is 0 Å². The van der Waals surface area contributed by atoms with Gasteiger partial charge < -0.3 is 4.98 Å². The zero-order valence-electron chi connectivity index (χ0n) is 11.7. The molecule has 3 aromatic rings. The van der Waals surface area contributed by atoms with Gasteiger partial charge in [-0.05, 0) is 48.6 Å². The first-order valence-corrected chi connectivity index (χ1v) is 8.22. The third-order valence-corrected chi connectivity index (χ3v) is 4.22. The van der Waals surface area contributed by atoms with Crippen LogP contribution < -0.4 is 0 Å². The molecule has 0 atom stereocenters. The summed E-state index contributed by atoms with van der Waals surface area (Å²) < 4.78 is 14.5. The fourth-order valence-corrected chi connectivity index (χ4v) is 2.95. The zero-order chi connectivity index (χ0) is 16.4.